The molecule has 220 valence electrons. The zero-order chi connectivity index (χ0) is 30.5. The summed E-state index contributed by atoms with van der Waals surface area (Å²) in [5, 5.41) is 0. The van der Waals surface area contributed by atoms with Gasteiger partial charge in [0.05, 0.1) is 40.6 Å². The number of allylic oxidation sites excluding steroid dienone is 1. The molecule has 0 N–H and O–H groups in total. The largest absolute Gasteiger partial charge is 0.490 e. The minimum Gasteiger partial charge on any atom is -0.490 e. The summed E-state index contributed by atoms with van der Waals surface area (Å²) >= 11 is 1.21. The molecular weight excluding hydrogens is 568 g/mol. The van der Waals surface area contributed by atoms with E-state index < -0.39 is 12.0 Å². The molecule has 3 heterocycles. The molecule has 2 aromatic carbocycles. The van der Waals surface area contributed by atoms with Crippen molar-refractivity contribution in [3.8, 4) is 17.1 Å². The van der Waals surface area contributed by atoms with Crippen LogP contribution in [-0.2, 0) is 14.3 Å². The Kier molecular flexibility index (Phi) is 8.87. The van der Waals surface area contributed by atoms with E-state index in [0.717, 1.165) is 5.56 Å². The molecule has 10 heteroatoms. The summed E-state index contributed by atoms with van der Waals surface area (Å²) in [6.07, 6.45) is 3.31. The van der Waals surface area contributed by atoms with Crippen molar-refractivity contribution >= 4 is 29.4 Å². The summed E-state index contributed by atoms with van der Waals surface area (Å²) in [5.41, 5.74) is 2.39. The van der Waals surface area contributed by atoms with Gasteiger partial charge in [0.15, 0.2) is 4.80 Å². The number of thiazole rings is 1. The molecule has 0 fully saturated rings. The van der Waals surface area contributed by atoms with Gasteiger partial charge in [-0.1, -0.05) is 48.3 Å². The average Bonchev–Trinajstić information content (AvgIpc) is 3.60. The van der Waals surface area contributed by atoms with Gasteiger partial charge in [-0.3, -0.25) is 9.36 Å². The molecule has 0 spiro atoms. The lowest BCUT2D eigenvalue weighted by atomic mass is 9.96. The Bertz CT molecular complexity index is 1880. The number of carbonyl (C=O) groups excluding carboxylic acids is 2. The van der Waals surface area contributed by atoms with Crippen molar-refractivity contribution in [2.75, 3.05) is 19.8 Å². The molecule has 0 amide bonds. The Morgan fingerprint density at radius 2 is 1.70 bits per heavy atom. The van der Waals surface area contributed by atoms with Gasteiger partial charge in [-0.2, -0.15) is 0 Å². The third-order valence-corrected chi connectivity index (χ3v) is 7.64. The van der Waals surface area contributed by atoms with E-state index >= 15 is 0 Å². The predicted molar refractivity (Wildman–Crippen MR) is 163 cm³/mol. The molecule has 1 aliphatic rings. The topological polar surface area (TPSA) is 109 Å². The van der Waals surface area contributed by atoms with Gasteiger partial charge in [0.25, 0.3) is 5.56 Å². The second-order valence-corrected chi connectivity index (χ2v) is 10.5. The van der Waals surface area contributed by atoms with Crippen molar-refractivity contribution in [1.82, 2.24) is 4.57 Å². The highest BCUT2D eigenvalue weighted by molar-refractivity contribution is 7.07. The minimum absolute atomic E-state index is 0.188. The molecular formula is C33H30N2O7S. The summed E-state index contributed by atoms with van der Waals surface area (Å²) in [7, 11) is 0. The third kappa shape index (κ3) is 6.14. The van der Waals surface area contributed by atoms with E-state index in [4.69, 9.17) is 18.6 Å². The number of ether oxygens (including phenoxy) is 3. The lowest BCUT2D eigenvalue weighted by Gasteiger charge is -2.24. The van der Waals surface area contributed by atoms with Crippen molar-refractivity contribution in [2.45, 2.75) is 26.8 Å². The van der Waals surface area contributed by atoms with E-state index in [1.807, 2.05) is 12.1 Å². The highest BCUT2D eigenvalue weighted by atomic mass is 32.1. The second kappa shape index (κ2) is 12.9. The van der Waals surface area contributed by atoms with Gasteiger partial charge in [-0.05, 0) is 62.7 Å². The van der Waals surface area contributed by atoms with E-state index in [2.05, 4.69) is 11.6 Å². The van der Waals surface area contributed by atoms with Crippen LogP contribution in [0, 0.1) is 0 Å². The number of fused-ring (bicyclic) bond motifs is 1. The number of esters is 2. The average molecular weight is 599 g/mol. The van der Waals surface area contributed by atoms with Gasteiger partial charge < -0.3 is 18.6 Å². The molecule has 0 saturated carbocycles. The first kappa shape index (κ1) is 29.5. The molecule has 0 saturated heterocycles. The van der Waals surface area contributed by atoms with Crippen LogP contribution in [0.15, 0.2) is 98.8 Å². The first-order valence-corrected chi connectivity index (χ1v) is 14.6. The van der Waals surface area contributed by atoms with Gasteiger partial charge in [-0.15, -0.1) is 0 Å². The van der Waals surface area contributed by atoms with Crippen LogP contribution >= 0.6 is 11.3 Å². The lowest BCUT2D eigenvalue weighted by Crippen LogP contribution is -2.39. The van der Waals surface area contributed by atoms with Crippen LogP contribution in [-0.4, -0.2) is 36.3 Å². The monoisotopic (exact) mass is 598 g/mol. The molecule has 0 radical (unpaired) electrons. The zero-order valence-corrected chi connectivity index (χ0v) is 24.8. The first-order chi connectivity index (χ1) is 20.8. The summed E-state index contributed by atoms with van der Waals surface area (Å²) in [4.78, 5) is 44.0. The Morgan fingerprint density at radius 1 is 1.00 bits per heavy atom. The maximum Gasteiger partial charge on any atom is 0.338 e. The van der Waals surface area contributed by atoms with Gasteiger partial charge in [0, 0.05) is 11.6 Å². The van der Waals surface area contributed by atoms with Crippen LogP contribution < -0.4 is 19.6 Å². The molecule has 0 unspecified atom stereocenters. The van der Waals surface area contributed by atoms with E-state index in [1.54, 1.807) is 81.5 Å². The Hall–Kier alpha value is -4.96. The first-order valence-electron chi connectivity index (χ1n) is 13.7. The van der Waals surface area contributed by atoms with Crippen LogP contribution in [0.2, 0.25) is 0 Å². The number of nitrogens with zero attached hydrogens (tertiary/aromatic N) is 2. The highest BCUT2D eigenvalue weighted by Crippen LogP contribution is 2.32. The summed E-state index contributed by atoms with van der Waals surface area (Å²) < 4.78 is 24.0. The maximum absolute atomic E-state index is 13.9. The molecule has 1 atom stereocenters. The molecule has 0 aliphatic carbocycles. The van der Waals surface area contributed by atoms with E-state index in [0.29, 0.717) is 62.2 Å². The predicted octanol–water partition coefficient (Wildman–Crippen LogP) is 4.80. The fraction of sp³-hybridized carbons (Fsp3) is 0.212. The quantitative estimate of drug-likeness (QED) is 0.191. The summed E-state index contributed by atoms with van der Waals surface area (Å²) in [6.45, 7) is 9.74. The van der Waals surface area contributed by atoms with Crippen LogP contribution in [0.3, 0.4) is 0 Å². The molecule has 9 nitrogen and oxygen atoms in total. The molecule has 4 aromatic rings. The molecule has 0 bridgehead atoms. The van der Waals surface area contributed by atoms with E-state index in [-0.39, 0.29) is 18.1 Å². The fourth-order valence-electron chi connectivity index (χ4n) is 4.71. The van der Waals surface area contributed by atoms with Gasteiger partial charge in [-0.25, -0.2) is 14.6 Å². The fourth-order valence-corrected chi connectivity index (χ4v) is 5.73. The number of rotatable bonds is 10. The number of aromatic nitrogens is 1. The second-order valence-electron chi connectivity index (χ2n) is 9.47. The summed E-state index contributed by atoms with van der Waals surface area (Å²) in [5.74, 6) is 0.766. The van der Waals surface area contributed by atoms with Crippen molar-refractivity contribution in [3.63, 3.8) is 0 Å². The molecule has 5 rings (SSSR count). The van der Waals surface area contributed by atoms with Gasteiger partial charge >= 0.3 is 11.9 Å². The van der Waals surface area contributed by atoms with E-state index in [9.17, 15) is 14.4 Å². The standard InChI is InChI=1S/C33H30N2O7S/c1-5-18-41-24-14-12-22(13-15-24)29-28(32(38)40-7-3)20(4)34-33-35(29)30(36)27(43-33)19-25-16-17-26(42-25)21-8-10-23(11-9-21)31(37)39-6-2/h5,8-17,19,29H,1,6-7,18H2,2-4H3/b27-19-/t29-/m0/s1. The van der Waals surface area contributed by atoms with Crippen molar-refractivity contribution in [1.29, 1.82) is 0 Å². The van der Waals surface area contributed by atoms with E-state index in [1.165, 1.54) is 15.9 Å². The minimum atomic E-state index is -0.740. The van der Waals surface area contributed by atoms with Crippen LogP contribution in [0.25, 0.3) is 17.4 Å². The third-order valence-electron chi connectivity index (χ3n) is 6.66. The molecule has 1 aliphatic heterocycles. The van der Waals surface area contributed by atoms with Crippen molar-refractivity contribution in [2.24, 2.45) is 4.99 Å². The zero-order valence-electron chi connectivity index (χ0n) is 24.0. The molecule has 2 aromatic heterocycles. The van der Waals surface area contributed by atoms with Crippen LogP contribution in [0.4, 0.5) is 0 Å². The summed E-state index contributed by atoms with van der Waals surface area (Å²) in [6, 6.07) is 16.9. The number of benzene rings is 2. The lowest BCUT2D eigenvalue weighted by molar-refractivity contribution is -0.139. The number of hydrogen-bond donors (Lipinski definition) is 0. The number of carbonyl (C=O) groups is 2. The van der Waals surface area contributed by atoms with Crippen molar-refractivity contribution < 1.29 is 28.2 Å². The smallest absolute Gasteiger partial charge is 0.338 e. The Morgan fingerprint density at radius 3 is 2.37 bits per heavy atom. The highest BCUT2D eigenvalue weighted by Gasteiger charge is 2.33. The number of furan rings is 1. The maximum atomic E-state index is 13.9. The molecule has 43 heavy (non-hydrogen) atoms. The van der Waals surface area contributed by atoms with Crippen LogP contribution in [0.5, 0.6) is 5.75 Å². The SMILES string of the molecule is C=CCOc1ccc([C@H]2C(C(=O)OCC)=C(C)N=c3s/c(=C\c4ccc(-c5ccc(C(=O)OCC)cc5)o4)c(=O)n32)cc1. The normalized spacial score (nSPS) is 14.6. The van der Waals surface area contributed by atoms with Crippen molar-refractivity contribution in [3.05, 3.63) is 121 Å². The van der Waals surface area contributed by atoms with Gasteiger partial charge in [0.2, 0.25) is 0 Å². The Labute approximate surface area is 251 Å². The van der Waals surface area contributed by atoms with Gasteiger partial charge in [0.1, 0.15) is 23.9 Å². The van der Waals surface area contributed by atoms with Crippen LogP contribution in [0.1, 0.15) is 48.5 Å². The number of hydrogen-bond acceptors (Lipinski definition) is 9. The Balaban J connectivity index is 1.53.